The van der Waals surface area contributed by atoms with Gasteiger partial charge in [-0.05, 0) is 44.0 Å². The predicted octanol–water partition coefficient (Wildman–Crippen LogP) is 2.64. The molecule has 166 valence electrons. The Morgan fingerprint density at radius 1 is 1.16 bits per heavy atom. The van der Waals surface area contributed by atoms with Crippen molar-refractivity contribution in [1.82, 2.24) is 9.62 Å². The van der Waals surface area contributed by atoms with E-state index in [1.807, 2.05) is 38.1 Å². The van der Waals surface area contributed by atoms with Gasteiger partial charge in [-0.2, -0.15) is 4.31 Å². The lowest BCUT2D eigenvalue weighted by molar-refractivity contribution is -0.133. The van der Waals surface area contributed by atoms with Gasteiger partial charge in [0.05, 0.1) is 12.8 Å². The van der Waals surface area contributed by atoms with Crippen LogP contribution in [0.15, 0.2) is 42.5 Å². The van der Waals surface area contributed by atoms with Crippen molar-refractivity contribution in [3.63, 3.8) is 0 Å². The van der Waals surface area contributed by atoms with Crippen LogP contribution in [0, 0.1) is 13.8 Å². The van der Waals surface area contributed by atoms with Crippen LogP contribution < -0.4 is 10.2 Å². The average molecular weight is 464 g/mol. The highest BCUT2D eigenvalue weighted by Gasteiger charge is 2.50. The topological polar surface area (TPSA) is 86.8 Å². The van der Waals surface area contributed by atoms with Crippen LogP contribution in [0.5, 0.6) is 0 Å². The molecule has 0 spiro atoms. The smallest absolute Gasteiger partial charge is 0.247 e. The highest BCUT2D eigenvalue weighted by Crippen LogP contribution is 2.33. The molecular formula is C22H26ClN3O4S. The van der Waals surface area contributed by atoms with Crippen LogP contribution in [-0.2, 0) is 26.2 Å². The van der Waals surface area contributed by atoms with Crippen molar-refractivity contribution in [3.05, 3.63) is 64.2 Å². The number of nitrogens with zero attached hydrogens (tertiary/aromatic N) is 2. The van der Waals surface area contributed by atoms with Gasteiger partial charge < -0.3 is 5.32 Å². The number of amides is 2. The van der Waals surface area contributed by atoms with E-state index in [1.165, 1.54) is 4.90 Å². The van der Waals surface area contributed by atoms with E-state index in [-0.39, 0.29) is 19.6 Å². The molecule has 2 amide bonds. The Kier molecular flexibility index (Phi) is 6.45. The van der Waals surface area contributed by atoms with E-state index in [1.54, 1.807) is 25.1 Å². The second-order valence-corrected chi connectivity index (χ2v) is 10.5. The zero-order valence-electron chi connectivity index (χ0n) is 18.0. The summed E-state index contributed by atoms with van der Waals surface area (Å²) in [6.45, 7) is 5.13. The van der Waals surface area contributed by atoms with Crippen molar-refractivity contribution in [2.45, 2.75) is 32.9 Å². The zero-order valence-corrected chi connectivity index (χ0v) is 19.5. The maximum Gasteiger partial charge on any atom is 0.247 e. The van der Waals surface area contributed by atoms with Crippen molar-refractivity contribution in [2.75, 3.05) is 24.2 Å². The lowest BCUT2D eigenvalue weighted by atomic mass is 9.94. The second-order valence-electron chi connectivity index (χ2n) is 8.14. The van der Waals surface area contributed by atoms with E-state index in [0.29, 0.717) is 10.7 Å². The highest BCUT2D eigenvalue weighted by molar-refractivity contribution is 7.88. The first-order valence-electron chi connectivity index (χ1n) is 9.80. The van der Waals surface area contributed by atoms with Gasteiger partial charge >= 0.3 is 0 Å². The third-order valence-corrected chi connectivity index (χ3v) is 7.09. The molecule has 0 aromatic heterocycles. The van der Waals surface area contributed by atoms with Crippen LogP contribution in [-0.4, -0.2) is 49.4 Å². The number of halogens is 1. The number of nitrogens with one attached hydrogen (secondary N) is 1. The Morgan fingerprint density at radius 2 is 1.81 bits per heavy atom. The van der Waals surface area contributed by atoms with E-state index >= 15 is 0 Å². The summed E-state index contributed by atoms with van der Waals surface area (Å²) in [6.07, 6.45) is 1.03. The maximum atomic E-state index is 13.4. The van der Waals surface area contributed by atoms with Crippen LogP contribution in [0.4, 0.5) is 5.69 Å². The summed E-state index contributed by atoms with van der Waals surface area (Å²) in [5.41, 5.74) is 1.82. The Hall–Kier alpha value is -2.42. The van der Waals surface area contributed by atoms with Crippen molar-refractivity contribution >= 4 is 39.1 Å². The number of benzene rings is 2. The van der Waals surface area contributed by atoms with Crippen LogP contribution >= 0.6 is 11.6 Å². The molecule has 1 aliphatic heterocycles. The fourth-order valence-electron chi connectivity index (χ4n) is 3.60. The minimum absolute atomic E-state index is 0.164. The van der Waals surface area contributed by atoms with Gasteiger partial charge in [0.2, 0.25) is 21.8 Å². The average Bonchev–Trinajstić information content (AvgIpc) is 2.68. The molecule has 1 N–H and O–H groups in total. The van der Waals surface area contributed by atoms with E-state index in [0.717, 1.165) is 27.3 Å². The molecule has 1 heterocycles. The standard InChI is InChI=1S/C22H26ClN3O4S/c1-15-5-8-17(9-6-15)12-24-21(28)22(3)14-25(31(4,29)30)13-20(27)26(22)18-10-7-16(2)19(23)11-18/h5-11H,12-14H2,1-4H3,(H,24,28)/t22-/m0/s1. The molecule has 3 rings (SSSR count). The molecule has 1 aliphatic rings. The number of aryl methyl sites for hydroxylation is 2. The van der Waals surface area contributed by atoms with E-state index in [4.69, 9.17) is 11.6 Å². The molecular weight excluding hydrogens is 438 g/mol. The molecule has 9 heteroatoms. The molecule has 1 saturated heterocycles. The molecule has 0 bridgehead atoms. The fourth-order valence-corrected chi connectivity index (χ4v) is 4.61. The molecule has 31 heavy (non-hydrogen) atoms. The van der Waals surface area contributed by atoms with E-state index in [2.05, 4.69) is 5.32 Å². The fraction of sp³-hybridized carbons (Fsp3) is 0.364. The van der Waals surface area contributed by atoms with Gasteiger partial charge in [-0.15, -0.1) is 0 Å². The van der Waals surface area contributed by atoms with E-state index in [9.17, 15) is 18.0 Å². The third-order valence-electron chi connectivity index (χ3n) is 5.48. The van der Waals surface area contributed by atoms with Gasteiger partial charge in [-0.25, -0.2) is 8.42 Å². The van der Waals surface area contributed by atoms with Crippen molar-refractivity contribution in [3.8, 4) is 0 Å². The van der Waals surface area contributed by atoms with Crippen LogP contribution in [0.3, 0.4) is 0 Å². The minimum atomic E-state index is -3.68. The number of carbonyl (C=O) groups excluding carboxylic acids is 2. The highest BCUT2D eigenvalue weighted by atomic mass is 35.5. The van der Waals surface area contributed by atoms with Gasteiger partial charge in [0.25, 0.3) is 0 Å². The largest absolute Gasteiger partial charge is 0.350 e. The van der Waals surface area contributed by atoms with Crippen LogP contribution in [0.2, 0.25) is 5.02 Å². The second kappa shape index (κ2) is 8.61. The Morgan fingerprint density at radius 3 is 2.39 bits per heavy atom. The van der Waals surface area contributed by atoms with Gasteiger partial charge in [-0.3, -0.25) is 14.5 Å². The normalized spacial score (nSPS) is 20.0. The number of piperazine rings is 1. The predicted molar refractivity (Wildman–Crippen MR) is 122 cm³/mol. The van der Waals surface area contributed by atoms with Gasteiger partial charge in [0.1, 0.15) is 5.54 Å². The molecule has 1 atom stereocenters. The third kappa shape index (κ3) is 4.92. The minimum Gasteiger partial charge on any atom is -0.350 e. The number of carbonyl (C=O) groups is 2. The van der Waals surface area contributed by atoms with Crippen LogP contribution in [0.1, 0.15) is 23.6 Å². The van der Waals surface area contributed by atoms with Crippen molar-refractivity contribution < 1.29 is 18.0 Å². The number of hydrogen-bond donors (Lipinski definition) is 1. The summed E-state index contributed by atoms with van der Waals surface area (Å²) >= 11 is 6.26. The van der Waals surface area contributed by atoms with Gasteiger partial charge in [-0.1, -0.05) is 47.5 Å². The molecule has 0 aliphatic carbocycles. The SMILES string of the molecule is Cc1ccc(CNC(=O)[C@]2(C)CN(S(C)(=O)=O)CC(=O)N2c2ccc(C)c(Cl)c2)cc1. The molecule has 2 aromatic rings. The molecule has 0 saturated carbocycles. The molecule has 0 unspecified atom stereocenters. The summed E-state index contributed by atoms with van der Waals surface area (Å²) in [7, 11) is -3.68. The molecule has 0 radical (unpaired) electrons. The zero-order chi connectivity index (χ0) is 23.0. The first kappa shape index (κ1) is 23.2. The molecule has 1 fully saturated rings. The summed E-state index contributed by atoms with van der Waals surface area (Å²) in [5.74, 6) is -0.948. The number of hydrogen-bond acceptors (Lipinski definition) is 4. The van der Waals surface area contributed by atoms with Crippen molar-refractivity contribution in [2.24, 2.45) is 0 Å². The summed E-state index contributed by atoms with van der Waals surface area (Å²) in [6, 6.07) is 12.8. The number of rotatable bonds is 5. The number of anilines is 1. The summed E-state index contributed by atoms with van der Waals surface area (Å²) in [4.78, 5) is 27.8. The van der Waals surface area contributed by atoms with Crippen molar-refractivity contribution in [1.29, 1.82) is 0 Å². The van der Waals surface area contributed by atoms with E-state index < -0.39 is 27.4 Å². The van der Waals surface area contributed by atoms with Gasteiger partial charge in [0.15, 0.2) is 0 Å². The first-order valence-corrected chi connectivity index (χ1v) is 12.0. The lowest BCUT2D eigenvalue weighted by Gasteiger charge is -2.46. The lowest BCUT2D eigenvalue weighted by Crippen LogP contribution is -2.70. The molecule has 7 nitrogen and oxygen atoms in total. The maximum absolute atomic E-state index is 13.4. The summed E-state index contributed by atoms with van der Waals surface area (Å²) < 4.78 is 25.4. The molecule has 2 aromatic carbocycles. The number of sulfonamides is 1. The summed E-state index contributed by atoms with van der Waals surface area (Å²) in [5, 5.41) is 3.32. The Bertz CT molecular complexity index is 1120. The van der Waals surface area contributed by atoms with Crippen LogP contribution in [0.25, 0.3) is 0 Å². The Labute approximate surface area is 188 Å². The first-order chi connectivity index (χ1) is 14.4. The van der Waals surface area contributed by atoms with Gasteiger partial charge in [0, 0.05) is 23.8 Å². The quantitative estimate of drug-likeness (QED) is 0.738. The monoisotopic (exact) mass is 463 g/mol. The Balaban J connectivity index is 1.97.